The van der Waals surface area contributed by atoms with Crippen LogP contribution in [0.5, 0.6) is 0 Å². The maximum atomic E-state index is 12.0. The van der Waals surface area contributed by atoms with E-state index in [1.807, 2.05) is 25.1 Å². The summed E-state index contributed by atoms with van der Waals surface area (Å²) < 4.78 is 25.8. The molecule has 128 valence electrons. The van der Waals surface area contributed by atoms with Crippen molar-refractivity contribution in [2.45, 2.75) is 24.4 Å². The van der Waals surface area contributed by atoms with E-state index in [2.05, 4.69) is 20.3 Å². The lowest BCUT2D eigenvalue weighted by molar-refractivity contribution is 0.237. The fourth-order valence-corrected chi connectivity index (χ4v) is 2.88. The number of rotatable bonds is 6. The van der Waals surface area contributed by atoms with E-state index in [0.29, 0.717) is 5.56 Å². The molecule has 1 aromatic carbocycles. The fraction of sp³-hybridized carbons (Fsp3) is 0.250. The van der Waals surface area contributed by atoms with Crippen molar-refractivity contribution in [1.82, 2.24) is 20.3 Å². The van der Waals surface area contributed by atoms with Gasteiger partial charge >= 0.3 is 6.03 Å². The topological polar surface area (TPSA) is 100 Å². The Labute approximate surface area is 141 Å². The molecule has 24 heavy (non-hydrogen) atoms. The van der Waals surface area contributed by atoms with Crippen molar-refractivity contribution in [2.75, 3.05) is 7.05 Å². The first kappa shape index (κ1) is 17.9. The van der Waals surface area contributed by atoms with Crippen LogP contribution in [0.15, 0.2) is 53.6 Å². The molecule has 0 fully saturated rings. The molecule has 2 aromatic rings. The number of nitrogens with one attached hydrogen (secondary N) is 3. The molecule has 0 aliphatic heterocycles. The van der Waals surface area contributed by atoms with Gasteiger partial charge in [0.2, 0.25) is 10.0 Å². The summed E-state index contributed by atoms with van der Waals surface area (Å²) in [5, 5.41) is 5.48. The Morgan fingerprint density at radius 3 is 2.67 bits per heavy atom. The number of nitrogens with zero attached hydrogens (tertiary/aromatic N) is 1. The fourth-order valence-electron chi connectivity index (χ4n) is 2.08. The van der Waals surface area contributed by atoms with Crippen LogP contribution in [-0.2, 0) is 16.6 Å². The number of sulfonamides is 1. The number of amides is 2. The highest BCUT2D eigenvalue weighted by Crippen LogP contribution is 2.11. The van der Waals surface area contributed by atoms with Gasteiger partial charge in [0.25, 0.3) is 0 Å². The third kappa shape index (κ3) is 4.77. The van der Waals surface area contributed by atoms with E-state index in [1.54, 1.807) is 18.3 Å². The van der Waals surface area contributed by atoms with Crippen molar-refractivity contribution in [3.05, 3.63) is 59.9 Å². The van der Waals surface area contributed by atoms with E-state index in [1.165, 1.54) is 19.2 Å². The second kappa shape index (κ2) is 7.89. The van der Waals surface area contributed by atoms with Gasteiger partial charge in [-0.2, -0.15) is 0 Å². The van der Waals surface area contributed by atoms with Crippen LogP contribution >= 0.6 is 0 Å². The highest BCUT2D eigenvalue weighted by atomic mass is 32.2. The van der Waals surface area contributed by atoms with E-state index in [-0.39, 0.29) is 23.5 Å². The van der Waals surface area contributed by atoms with Crippen molar-refractivity contribution in [2.24, 2.45) is 0 Å². The van der Waals surface area contributed by atoms with Crippen molar-refractivity contribution >= 4 is 16.1 Å². The van der Waals surface area contributed by atoms with Crippen molar-refractivity contribution < 1.29 is 13.2 Å². The summed E-state index contributed by atoms with van der Waals surface area (Å²) in [7, 11) is -2.15. The number of pyridine rings is 1. The summed E-state index contributed by atoms with van der Waals surface area (Å²) in [6, 6.07) is 11.3. The first-order valence-corrected chi connectivity index (χ1v) is 8.88. The maximum absolute atomic E-state index is 12.0. The zero-order chi connectivity index (χ0) is 17.6. The summed E-state index contributed by atoms with van der Waals surface area (Å²) >= 11 is 0. The lowest BCUT2D eigenvalue weighted by atomic mass is 10.2. The van der Waals surface area contributed by atoms with Gasteiger partial charge in [-0.1, -0.05) is 18.2 Å². The highest BCUT2D eigenvalue weighted by molar-refractivity contribution is 7.89. The van der Waals surface area contributed by atoms with E-state index in [9.17, 15) is 13.2 Å². The Kier molecular flexibility index (Phi) is 5.88. The number of carbonyl (C=O) groups is 1. The van der Waals surface area contributed by atoms with Gasteiger partial charge in [0.1, 0.15) is 0 Å². The molecule has 8 heteroatoms. The maximum Gasteiger partial charge on any atom is 0.315 e. The normalized spacial score (nSPS) is 12.4. The molecule has 2 rings (SSSR count). The molecule has 0 bridgehead atoms. The van der Waals surface area contributed by atoms with E-state index >= 15 is 0 Å². The average molecular weight is 348 g/mol. The summed E-state index contributed by atoms with van der Waals surface area (Å²) in [4.78, 5) is 16.3. The van der Waals surface area contributed by atoms with Crippen molar-refractivity contribution in [3.63, 3.8) is 0 Å². The molecule has 3 N–H and O–H groups in total. The number of aromatic nitrogens is 1. The lowest BCUT2D eigenvalue weighted by Crippen LogP contribution is -2.36. The first-order valence-electron chi connectivity index (χ1n) is 7.40. The minimum Gasteiger partial charge on any atom is -0.334 e. The molecular formula is C16H20N4O3S. The zero-order valence-electron chi connectivity index (χ0n) is 13.5. The second-order valence-electron chi connectivity index (χ2n) is 5.16. The molecule has 0 spiro atoms. The molecule has 0 aliphatic carbocycles. The predicted octanol–water partition coefficient (Wildman–Crippen LogP) is 1.55. The molecule has 0 unspecified atom stereocenters. The molecule has 1 aromatic heterocycles. The predicted molar refractivity (Wildman–Crippen MR) is 90.7 cm³/mol. The smallest absolute Gasteiger partial charge is 0.315 e. The third-order valence-electron chi connectivity index (χ3n) is 3.41. The summed E-state index contributed by atoms with van der Waals surface area (Å²) in [5.41, 5.74) is 1.45. The second-order valence-corrected chi connectivity index (χ2v) is 7.04. The van der Waals surface area contributed by atoms with Crippen LogP contribution in [0.2, 0.25) is 0 Å². The lowest BCUT2D eigenvalue weighted by Gasteiger charge is -2.14. The Morgan fingerprint density at radius 2 is 2.00 bits per heavy atom. The van der Waals surface area contributed by atoms with Crippen LogP contribution in [0.1, 0.15) is 24.2 Å². The summed E-state index contributed by atoms with van der Waals surface area (Å²) in [6.45, 7) is 2.05. The number of urea groups is 1. The molecule has 0 aliphatic rings. The van der Waals surface area contributed by atoms with Crippen molar-refractivity contribution in [1.29, 1.82) is 0 Å². The molecule has 1 atom stereocenters. The SMILES string of the molecule is CNS(=O)(=O)c1cccc(CNC(=O)N[C@H](C)c2ccccn2)c1. The Morgan fingerprint density at radius 1 is 1.21 bits per heavy atom. The van der Waals surface area contributed by atoms with E-state index in [4.69, 9.17) is 0 Å². The van der Waals surface area contributed by atoms with Crippen LogP contribution in [0, 0.1) is 0 Å². The van der Waals surface area contributed by atoms with Crippen LogP contribution in [0.3, 0.4) is 0 Å². The number of carbonyl (C=O) groups excluding carboxylic acids is 1. The van der Waals surface area contributed by atoms with E-state index < -0.39 is 10.0 Å². The quantitative estimate of drug-likeness (QED) is 0.737. The minimum atomic E-state index is -3.50. The Hall–Kier alpha value is -2.45. The number of hydrogen-bond acceptors (Lipinski definition) is 4. The van der Waals surface area contributed by atoms with Crippen LogP contribution in [0.4, 0.5) is 4.79 Å². The largest absolute Gasteiger partial charge is 0.334 e. The molecule has 0 saturated heterocycles. The molecule has 2 amide bonds. The standard InChI is InChI=1S/C16H20N4O3S/c1-12(15-8-3-4-9-18-15)20-16(21)19-11-13-6-5-7-14(10-13)24(22,23)17-2/h3-10,12,17H,11H2,1-2H3,(H2,19,20,21)/t12-/m1/s1. The molecule has 0 radical (unpaired) electrons. The highest BCUT2D eigenvalue weighted by Gasteiger charge is 2.12. The zero-order valence-corrected chi connectivity index (χ0v) is 14.3. The van der Waals surface area contributed by atoms with Gasteiger partial charge in [-0.3, -0.25) is 4.98 Å². The van der Waals surface area contributed by atoms with E-state index in [0.717, 1.165) is 5.69 Å². The van der Waals surface area contributed by atoms with Gasteiger partial charge in [-0.25, -0.2) is 17.9 Å². The summed E-state index contributed by atoms with van der Waals surface area (Å²) in [5.74, 6) is 0. The molecule has 1 heterocycles. The number of benzene rings is 1. The third-order valence-corrected chi connectivity index (χ3v) is 4.82. The van der Waals surface area contributed by atoms with Gasteiger partial charge in [-0.05, 0) is 43.8 Å². The van der Waals surface area contributed by atoms with Crippen LogP contribution < -0.4 is 15.4 Å². The number of hydrogen-bond donors (Lipinski definition) is 3. The first-order chi connectivity index (χ1) is 11.4. The minimum absolute atomic E-state index is 0.159. The Bertz CT molecular complexity index is 794. The van der Waals surface area contributed by atoms with Gasteiger partial charge in [0, 0.05) is 12.7 Å². The Balaban J connectivity index is 1.94. The van der Waals surface area contributed by atoms with Crippen molar-refractivity contribution in [3.8, 4) is 0 Å². The molecule has 7 nitrogen and oxygen atoms in total. The van der Waals surface area contributed by atoms with Gasteiger partial charge in [0.05, 0.1) is 16.6 Å². The molecule has 0 saturated carbocycles. The summed E-state index contributed by atoms with van der Waals surface area (Å²) in [6.07, 6.45) is 1.67. The van der Waals surface area contributed by atoms with Gasteiger partial charge < -0.3 is 10.6 Å². The molecular weight excluding hydrogens is 328 g/mol. The van der Waals surface area contributed by atoms with Gasteiger partial charge in [0.15, 0.2) is 0 Å². The van der Waals surface area contributed by atoms with Crippen LogP contribution in [-0.4, -0.2) is 26.5 Å². The average Bonchev–Trinajstić information content (AvgIpc) is 2.61. The monoisotopic (exact) mass is 348 g/mol. The van der Waals surface area contributed by atoms with Crippen LogP contribution in [0.25, 0.3) is 0 Å². The van der Waals surface area contributed by atoms with Gasteiger partial charge in [-0.15, -0.1) is 0 Å².